The van der Waals surface area contributed by atoms with E-state index in [0.29, 0.717) is 6.61 Å². The molecule has 0 heterocycles. The van der Waals surface area contributed by atoms with Gasteiger partial charge in [0.15, 0.2) is 6.10 Å². The molecule has 0 aliphatic carbocycles. The highest BCUT2D eigenvalue weighted by atomic mass is 19.1. The van der Waals surface area contributed by atoms with Crippen molar-refractivity contribution in [3.63, 3.8) is 0 Å². The Kier molecular flexibility index (Phi) is 27.2. The van der Waals surface area contributed by atoms with Crippen molar-refractivity contribution in [2.75, 3.05) is 13.1 Å². The third kappa shape index (κ3) is 20.7. The zero-order chi connectivity index (χ0) is 30.2. The fraction of sp³-hybridized carbons (Fsp3) is 0.433. The van der Waals surface area contributed by atoms with Crippen LogP contribution in [0, 0.1) is 0 Å². The van der Waals surface area contributed by atoms with E-state index >= 15 is 0 Å². The number of alkyl halides is 1. The van der Waals surface area contributed by atoms with Crippen molar-refractivity contribution < 1.29 is 28.9 Å². The normalized spacial score (nSPS) is 12.0. The minimum Gasteiger partial charge on any atom is -0.479 e. The van der Waals surface area contributed by atoms with Crippen molar-refractivity contribution in [2.24, 2.45) is 10.2 Å². The predicted molar refractivity (Wildman–Crippen MR) is 165 cm³/mol. The predicted octanol–water partition coefficient (Wildman–Crippen LogP) is 7.98. The van der Waals surface area contributed by atoms with Gasteiger partial charge < -0.3 is 19.7 Å². The maximum atomic E-state index is 13.4. The first-order valence-corrected chi connectivity index (χ1v) is 12.3. The summed E-state index contributed by atoms with van der Waals surface area (Å²) in [5, 5.41) is 24.8. The molecule has 2 aromatic rings. The molecule has 0 spiro atoms. The van der Waals surface area contributed by atoms with Gasteiger partial charge in [0.2, 0.25) is 0 Å². The summed E-state index contributed by atoms with van der Waals surface area (Å²) in [7, 11) is 0. The number of hydrogen-bond donors (Lipinski definition) is 2. The second-order valence-electron chi connectivity index (χ2n) is 8.33. The van der Waals surface area contributed by atoms with Gasteiger partial charge in [0.25, 0.3) is 0 Å². The molecule has 4 atom stereocenters. The quantitative estimate of drug-likeness (QED) is 0.0983. The lowest BCUT2D eigenvalue weighted by atomic mass is 10.2. The van der Waals surface area contributed by atoms with Crippen molar-refractivity contribution in [1.82, 2.24) is 0 Å². The van der Waals surface area contributed by atoms with Crippen molar-refractivity contribution in [3.05, 3.63) is 117 Å². The topological polar surface area (TPSA) is 174 Å². The Morgan fingerprint density at radius 3 is 1.76 bits per heavy atom. The second-order valence-corrected chi connectivity index (χ2v) is 8.33. The molecule has 11 nitrogen and oxygen atoms in total. The van der Waals surface area contributed by atoms with E-state index in [0.717, 1.165) is 11.1 Å². The number of aliphatic hydroxyl groups is 1. The number of carboxylic acids is 1. The van der Waals surface area contributed by atoms with Crippen LogP contribution in [0.25, 0.3) is 20.9 Å². The van der Waals surface area contributed by atoms with Crippen LogP contribution in [0.5, 0.6) is 0 Å². The van der Waals surface area contributed by atoms with E-state index in [-0.39, 0.29) is 28.0 Å². The number of carbonyl (C=O) groups is 1. The largest absolute Gasteiger partial charge is 0.479 e. The van der Waals surface area contributed by atoms with Gasteiger partial charge in [0.05, 0.1) is 32.4 Å². The minimum absolute atomic E-state index is 0. The molecule has 2 N–H and O–H groups in total. The number of nitrogens with zero attached hydrogens (tertiary/aromatic N) is 6. The molecular formula is C30H45FN6O5. The van der Waals surface area contributed by atoms with Crippen LogP contribution in [0.2, 0.25) is 0 Å². The molecule has 0 radical (unpaired) electrons. The van der Waals surface area contributed by atoms with E-state index in [9.17, 15) is 14.3 Å². The standard InChI is InChI=1S/C12H15N3O2.C11H12FN3O3.C5H10.2CH4/c1-2-12(11(16)8-14-15-13)17-9-10-6-4-3-5-7-10;12-9(6-14-15-13)10(11(16)17)18-7-8-4-2-1-3-5-8;1-4-5(2)3;;/h2-7,11-12,16H,1,8-9H2;1-5,9-10H,6-7H2,(H,16,17);4H,1-3H3;2*1H4/t11-,12-;9-,10+;;;/m11.../s1. The summed E-state index contributed by atoms with van der Waals surface area (Å²) in [6.45, 7) is 9.55. The van der Waals surface area contributed by atoms with Gasteiger partial charge in [0, 0.05) is 9.82 Å². The van der Waals surface area contributed by atoms with Gasteiger partial charge in [-0.3, -0.25) is 0 Å². The summed E-state index contributed by atoms with van der Waals surface area (Å²) in [5.74, 6) is -1.42. The first-order chi connectivity index (χ1) is 19.2. The number of benzene rings is 2. The summed E-state index contributed by atoms with van der Waals surface area (Å²) in [5.41, 5.74) is 19.3. The lowest BCUT2D eigenvalue weighted by Gasteiger charge is -2.18. The number of allylic oxidation sites excluding steroid dienone is 2. The number of aliphatic carboxylic acids is 1. The van der Waals surface area contributed by atoms with Crippen LogP contribution >= 0.6 is 0 Å². The SMILES string of the molecule is C.C.C=C[C@@H](OCc1ccccc1)[C@H](O)CN=[N+]=[N-].CC=C(C)C.[N-]=[N+]=NC[C@@H](F)[C@H](OCc1ccccc1)C(=O)O. The third-order valence-corrected chi connectivity index (χ3v) is 4.97. The molecule has 232 valence electrons. The van der Waals surface area contributed by atoms with Crippen LogP contribution in [0.15, 0.2) is 95.2 Å². The highest BCUT2D eigenvalue weighted by Gasteiger charge is 2.28. The molecule has 0 bridgehead atoms. The molecule has 2 aromatic carbocycles. The van der Waals surface area contributed by atoms with Crippen LogP contribution in [0.4, 0.5) is 4.39 Å². The second kappa shape index (κ2) is 27.0. The van der Waals surface area contributed by atoms with Gasteiger partial charge in [-0.05, 0) is 43.0 Å². The lowest BCUT2D eigenvalue weighted by molar-refractivity contribution is -0.155. The molecule has 0 fully saturated rings. The monoisotopic (exact) mass is 588 g/mol. The van der Waals surface area contributed by atoms with Crippen LogP contribution in [0.3, 0.4) is 0 Å². The molecule has 0 amide bonds. The molecule has 0 aliphatic rings. The van der Waals surface area contributed by atoms with E-state index in [1.165, 1.54) is 11.6 Å². The van der Waals surface area contributed by atoms with Gasteiger partial charge in [-0.15, -0.1) is 6.58 Å². The maximum Gasteiger partial charge on any atom is 0.335 e. The van der Waals surface area contributed by atoms with Gasteiger partial charge >= 0.3 is 5.97 Å². The number of hydrogen-bond acceptors (Lipinski definition) is 6. The summed E-state index contributed by atoms with van der Waals surface area (Å²) >= 11 is 0. The summed E-state index contributed by atoms with van der Waals surface area (Å²) in [6.07, 6.45) is -1.34. The zero-order valence-corrected chi connectivity index (χ0v) is 23.0. The van der Waals surface area contributed by atoms with E-state index in [1.807, 2.05) is 37.3 Å². The highest BCUT2D eigenvalue weighted by molar-refractivity contribution is 5.73. The van der Waals surface area contributed by atoms with Gasteiger partial charge in [-0.2, -0.15) is 0 Å². The van der Waals surface area contributed by atoms with E-state index in [2.05, 4.69) is 46.6 Å². The van der Waals surface area contributed by atoms with E-state index in [1.54, 1.807) is 30.3 Å². The van der Waals surface area contributed by atoms with Crippen molar-refractivity contribution in [1.29, 1.82) is 0 Å². The number of aliphatic hydroxyl groups excluding tert-OH is 1. The molecule has 42 heavy (non-hydrogen) atoms. The number of ether oxygens (including phenoxy) is 2. The zero-order valence-electron chi connectivity index (χ0n) is 23.0. The fourth-order valence-corrected chi connectivity index (χ4v) is 2.63. The van der Waals surface area contributed by atoms with Gasteiger partial charge in [0.1, 0.15) is 12.3 Å². The smallest absolute Gasteiger partial charge is 0.335 e. The Morgan fingerprint density at radius 2 is 1.38 bits per heavy atom. The maximum absolute atomic E-state index is 13.4. The summed E-state index contributed by atoms with van der Waals surface area (Å²) in [4.78, 5) is 15.8. The summed E-state index contributed by atoms with van der Waals surface area (Å²) in [6, 6.07) is 18.4. The molecule has 12 heteroatoms. The van der Waals surface area contributed by atoms with Gasteiger partial charge in [-0.25, -0.2) is 9.18 Å². The highest BCUT2D eigenvalue weighted by Crippen LogP contribution is 2.10. The number of halogens is 1. The Hall–Kier alpha value is -4.18. The van der Waals surface area contributed by atoms with Crippen molar-refractivity contribution >= 4 is 5.97 Å². The molecule has 0 saturated carbocycles. The third-order valence-electron chi connectivity index (χ3n) is 4.97. The van der Waals surface area contributed by atoms with Gasteiger partial charge in [-0.1, -0.05) is 103 Å². The average Bonchev–Trinajstić information content (AvgIpc) is 2.97. The molecule has 0 aliphatic heterocycles. The number of carboxylic acid groups (broad SMARTS) is 1. The van der Waals surface area contributed by atoms with Crippen molar-refractivity contribution in [2.45, 2.75) is 73.3 Å². The van der Waals surface area contributed by atoms with Crippen LogP contribution < -0.4 is 0 Å². The molecule has 0 aromatic heterocycles. The Bertz CT molecular complexity index is 1100. The Labute approximate surface area is 248 Å². The fourth-order valence-electron chi connectivity index (χ4n) is 2.63. The number of azide groups is 2. The number of rotatable bonds is 14. The van der Waals surface area contributed by atoms with E-state index < -0.39 is 37.0 Å². The first kappa shape index (κ1) is 42.3. The average molecular weight is 589 g/mol. The Balaban J connectivity index is -0.000000600. The molecule has 0 saturated heterocycles. The van der Waals surface area contributed by atoms with Crippen LogP contribution in [-0.2, 0) is 27.5 Å². The lowest BCUT2D eigenvalue weighted by Crippen LogP contribution is -2.35. The van der Waals surface area contributed by atoms with Crippen molar-refractivity contribution in [3.8, 4) is 0 Å². The summed E-state index contributed by atoms with van der Waals surface area (Å²) < 4.78 is 23.9. The first-order valence-electron chi connectivity index (χ1n) is 12.3. The molecule has 2 rings (SSSR count). The minimum atomic E-state index is -1.87. The molecular weight excluding hydrogens is 543 g/mol. The van der Waals surface area contributed by atoms with Crippen LogP contribution in [-0.4, -0.2) is 53.8 Å². The van der Waals surface area contributed by atoms with Crippen LogP contribution in [0.1, 0.15) is 46.8 Å². The molecule has 0 unspecified atom stereocenters. The Morgan fingerprint density at radius 1 is 0.952 bits per heavy atom. The van der Waals surface area contributed by atoms with E-state index in [4.69, 9.17) is 25.6 Å².